The maximum absolute atomic E-state index is 12.3. The Morgan fingerprint density at radius 3 is 1.46 bits per heavy atom. The number of methoxy groups -OCH3 is 1. The lowest BCUT2D eigenvalue weighted by molar-refractivity contribution is 0.282. The smallest absolute Gasteiger partial charge is 0.425 e. The molecule has 0 aliphatic heterocycles. The summed E-state index contributed by atoms with van der Waals surface area (Å²) in [6, 6.07) is 34.5. The number of ether oxygens (including phenoxy) is 1. The predicted molar refractivity (Wildman–Crippen MR) is 277 cm³/mol. The monoisotopic (exact) mass is 1180 g/mol. The molecule has 7 aromatic rings. The van der Waals surface area contributed by atoms with Crippen LogP contribution >= 0.6 is 0 Å². The first-order valence-electron chi connectivity index (χ1n) is 21.7. The molecule has 0 radical (unpaired) electrons. The van der Waals surface area contributed by atoms with Gasteiger partial charge < -0.3 is 15.2 Å². The molecule has 0 aliphatic carbocycles. The second kappa shape index (κ2) is 28.6. The molecule has 7 rings (SSSR count). The summed E-state index contributed by atoms with van der Waals surface area (Å²) in [6.07, 6.45) is 0.249. The van der Waals surface area contributed by atoms with Crippen molar-refractivity contribution in [3.63, 3.8) is 0 Å². The number of nitrogens with one attached hydrogen (secondary N) is 1. The Balaban J connectivity index is 0.00000134. The highest BCUT2D eigenvalue weighted by molar-refractivity contribution is 7.86. The van der Waals surface area contributed by atoms with E-state index in [1.807, 2.05) is 0 Å². The molecule has 0 fully saturated rings. The second-order valence-electron chi connectivity index (χ2n) is 15.3. The zero-order valence-electron chi connectivity index (χ0n) is 40.3. The van der Waals surface area contributed by atoms with Crippen molar-refractivity contribution < 1.29 is 74.0 Å². The topological polar surface area (TPSA) is 445 Å². The molecule has 34 heteroatoms. The maximum atomic E-state index is 12.3. The first-order chi connectivity index (χ1) is 37.4. The van der Waals surface area contributed by atoms with Gasteiger partial charge in [0.05, 0.1) is 58.5 Å². The van der Waals surface area contributed by atoms with Crippen LogP contribution in [-0.2, 0) is 71.0 Å². The molecule has 5 N–H and O–H groups in total. The first-order valence-corrected chi connectivity index (χ1v) is 28.2. The van der Waals surface area contributed by atoms with Crippen LogP contribution in [0.2, 0.25) is 0 Å². The SMILES string of the molecule is COc1cc(Cc2nc(Cc3ccc(N=Nc4ccc(N=Nc5ccccc5)cc4S(=O)(=O)O)c(CO)c3)nc(NCCS(=O)(=O)O)n2)ccc1N=Nc1ccc(N=Nc2ccc(S(=O)(=O)O)cc2)cc1.O=S(=O)=O.O=S(=O)=O. The fourth-order valence-corrected chi connectivity index (χ4v) is 7.80. The molecule has 1 aromatic heterocycles. The second-order valence-corrected chi connectivity index (χ2v) is 20.5. The average molecular weight is 1180 g/mol. The van der Waals surface area contributed by atoms with Crippen LogP contribution in [-0.4, -0.2) is 104 Å². The fourth-order valence-electron chi connectivity index (χ4n) is 6.32. The van der Waals surface area contributed by atoms with Crippen LogP contribution in [0.1, 0.15) is 28.3 Å². The molecule has 79 heavy (non-hydrogen) atoms. The van der Waals surface area contributed by atoms with Gasteiger partial charge in [-0.1, -0.05) is 36.4 Å². The highest BCUT2D eigenvalue weighted by Crippen LogP contribution is 2.34. The van der Waals surface area contributed by atoms with E-state index < -0.39 is 68.8 Å². The minimum atomic E-state index is -4.77. The van der Waals surface area contributed by atoms with Gasteiger partial charge in [0.15, 0.2) is 0 Å². The Hall–Kier alpha value is -8.74. The van der Waals surface area contributed by atoms with Crippen molar-refractivity contribution in [1.82, 2.24) is 15.0 Å². The molecule has 0 atom stereocenters. The van der Waals surface area contributed by atoms with Crippen molar-refractivity contribution in [2.75, 3.05) is 24.7 Å². The van der Waals surface area contributed by atoms with Crippen molar-refractivity contribution in [2.45, 2.75) is 29.2 Å². The number of hydrogen-bond acceptors (Lipinski definition) is 26. The minimum absolute atomic E-state index is 0.0304. The normalized spacial score (nSPS) is 11.8. The molecular formula is C45H40N12O17S5. The van der Waals surface area contributed by atoms with Crippen molar-refractivity contribution in [3.8, 4) is 5.75 Å². The van der Waals surface area contributed by atoms with Crippen molar-refractivity contribution in [2.24, 2.45) is 40.9 Å². The molecule has 6 aromatic carbocycles. The van der Waals surface area contributed by atoms with E-state index in [2.05, 4.69) is 61.2 Å². The van der Waals surface area contributed by atoms with E-state index in [1.54, 1.807) is 91.0 Å². The summed E-state index contributed by atoms with van der Waals surface area (Å²) in [6.45, 7) is -0.705. The van der Waals surface area contributed by atoms with Crippen LogP contribution in [0.3, 0.4) is 0 Å². The fraction of sp³-hybridized carbons (Fsp3) is 0.133. The van der Waals surface area contributed by atoms with Gasteiger partial charge in [-0.05, 0) is 108 Å². The van der Waals surface area contributed by atoms with Crippen LogP contribution in [0.25, 0.3) is 0 Å². The van der Waals surface area contributed by atoms with E-state index in [0.29, 0.717) is 50.9 Å². The first kappa shape index (κ1) is 61.1. The van der Waals surface area contributed by atoms with Gasteiger partial charge in [0.25, 0.3) is 30.4 Å². The number of aromatic nitrogens is 3. The third-order valence-electron chi connectivity index (χ3n) is 9.72. The summed E-state index contributed by atoms with van der Waals surface area (Å²) in [5, 5.41) is 46.3. The maximum Gasteiger partial charge on any atom is 0.425 e. The van der Waals surface area contributed by atoms with Gasteiger partial charge >= 0.3 is 21.2 Å². The highest BCUT2D eigenvalue weighted by Gasteiger charge is 2.18. The van der Waals surface area contributed by atoms with E-state index in [1.165, 1.54) is 43.5 Å². The Kier molecular flexibility index (Phi) is 22.1. The van der Waals surface area contributed by atoms with Gasteiger partial charge in [0, 0.05) is 24.9 Å². The van der Waals surface area contributed by atoms with Crippen LogP contribution in [0.15, 0.2) is 184 Å². The van der Waals surface area contributed by atoms with Gasteiger partial charge in [-0.3, -0.25) is 13.7 Å². The summed E-state index contributed by atoms with van der Waals surface area (Å²) in [4.78, 5) is 12.8. The number of anilines is 1. The summed E-state index contributed by atoms with van der Waals surface area (Å²) < 4.78 is 155. The summed E-state index contributed by atoms with van der Waals surface area (Å²) >= 11 is 0. The number of benzene rings is 6. The lowest BCUT2D eigenvalue weighted by Gasteiger charge is -2.11. The van der Waals surface area contributed by atoms with E-state index in [-0.39, 0.29) is 58.9 Å². The van der Waals surface area contributed by atoms with Gasteiger partial charge in [0.2, 0.25) is 5.95 Å². The molecule has 0 aliphatic rings. The van der Waals surface area contributed by atoms with Crippen LogP contribution in [0.5, 0.6) is 5.75 Å². The minimum Gasteiger partial charge on any atom is -0.494 e. The van der Waals surface area contributed by atoms with E-state index in [0.717, 1.165) is 6.07 Å². The molecule has 0 bridgehead atoms. The highest BCUT2D eigenvalue weighted by atomic mass is 32.2. The van der Waals surface area contributed by atoms with Crippen molar-refractivity contribution >= 4 is 103 Å². The molecule has 0 saturated carbocycles. The number of rotatable bonds is 20. The quantitative estimate of drug-likeness (QED) is 0.0356. The lowest BCUT2D eigenvalue weighted by atomic mass is 10.1. The van der Waals surface area contributed by atoms with E-state index >= 15 is 0 Å². The van der Waals surface area contributed by atoms with Gasteiger partial charge in [-0.25, -0.2) is 4.98 Å². The molecule has 0 amide bonds. The van der Waals surface area contributed by atoms with E-state index in [9.17, 15) is 39.5 Å². The van der Waals surface area contributed by atoms with Gasteiger partial charge in [-0.2, -0.15) is 65.9 Å². The largest absolute Gasteiger partial charge is 0.494 e. The van der Waals surface area contributed by atoms with Crippen LogP contribution in [0.4, 0.5) is 51.4 Å². The molecule has 29 nitrogen and oxygen atoms in total. The number of nitrogens with zero attached hydrogens (tertiary/aromatic N) is 11. The molecule has 0 unspecified atom stereocenters. The predicted octanol–water partition coefficient (Wildman–Crippen LogP) is 8.00. The Bertz CT molecular complexity index is 3970. The van der Waals surface area contributed by atoms with Gasteiger partial charge in [0.1, 0.15) is 33.7 Å². The molecular weight excluding hydrogens is 1140 g/mol. The summed E-state index contributed by atoms with van der Waals surface area (Å²) in [5.74, 6) is 0.327. The molecule has 412 valence electrons. The van der Waals surface area contributed by atoms with Crippen molar-refractivity contribution in [1.29, 1.82) is 0 Å². The summed E-state index contributed by atoms with van der Waals surface area (Å²) in [7, 11) is -18.2. The Morgan fingerprint density at radius 1 is 0.506 bits per heavy atom. The number of aliphatic hydroxyl groups excluding tert-OH is 1. The summed E-state index contributed by atoms with van der Waals surface area (Å²) in [5.41, 5.74) is 4.02. The number of hydrogen-bond donors (Lipinski definition) is 5. The molecule has 1 heterocycles. The number of aliphatic hydroxyl groups is 1. The van der Waals surface area contributed by atoms with Crippen molar-refractivity contribution in [3.05, 3.63) is 162 Å². The molecule has 0 spiro atoms. The third-order valence-corrected chi connectivity index (χ3v) is 12.2. The van der Waals surface area contributed by atoms with E-state index in [4.69, 9.17) is 34.5 Å². The third kappa shape index (κ3) is 21.3. The van der Waals surface area contributed by atoms with Gasteiger partial charge in [-0.15, -0.1) is 35.5 Å². The van der Waals surface area contributed by atoms with Crippen LogP contribution < -0.4 is 10.1 Å². The zero-order valence-corrected chi connectivity index (χ0v) is 44.4. The standard InChI is InChI=1S/C45H40N12O11S3.2O3S/c1-68-41-24-30(8-19-39(41)56-53-34-11-9-33(10-12-34)51-52-35-13-16-37(17-14-35)70(62,63)64)26-44-47-43(48-45(49-44)46-21-22-69(59,60)61)25-29-7-18-38(31(23-29)28-58)55-57-40-20-15-36(27-42(40)71(65,66)67)54-50-32-5-3-2-4-6-32;2*1-4(2)3/h2-20,23-24,27,58H,21-22,25-26,28H2,1H3,(H,59,60,61)(H,62,63,64)(H,65,66,67)(H,46,47,48,49);;. The Labute approximate surface area is 452 Å². The molecule has 0 saturated heterocycles. The number of azo groups is 4. The Morgan fingerprint density at radius 2 is 0.949 bits per heavy atom. The zero-order chi connectivity index (χ0) is 57.8. The van der Waals surface area contributed by atoms with Crippen LogP contribution in [0, 0.1) is 0 Å². The lowest BCUT2D eigenvalue weighted by Crippen LogP contribution is -2.17. The average Bonchev–Trinajstić information content (AvgIpc) is 3.44.